The molecule has 1 unspecified atom stereocenters. The molecule has 0 radical (unpaired) electrons. The molecule has 1 aliphatic heterocycles. The van der Waals surface area contributed by atoms with E-state index in [1.165, 1.54) is 7.11 Å². The van der Waals surface area contributed by atoms with Crippen LogP contribution in [-0.4, -0.2) is 32.1 Å². The zero-order valence-electron chi connectivity index (χ0n) is 18.3. The standard InChI is InChI=1S/C25H23F2N3O4/c1-33-18-11-21(26)23(22(27)12-18)19-13-28-24(31)20(19)14-29-25(32)30-15-7-9-17(10-8-15)34-16-5-3-2-4-6-16/h2-12,19-20H,13-14H2,1H3,(H,28,31)(H2,29,30,32)/t19-,20?/m1/s1. The van der Waals surface area contributed by atoms with Crippen LogP contribution >= 0.6 is 0 Å². The van der Waals surface area contributed by atoms with Crippen molar-refractivity contribution in [3.8, 4) is 17.2 Å². The summed E-state index contributed by atoms with van der Waals surface area (Å²) in [4.78, 5) is 24.7. The number of hydrogen-bond acceptors (Lipinski definition) is 4. The second-order valence-electron chi connectivity index (χ2n) is 7.74. The van der Waals surface area contributed by atoms with Gasteiger partial charge in [-0.2, -0.15) is 0 Å². The predicted molar refractivity (Wildman–Crippen MR) is 122 cm³/mol. The van der Waals surface area contributed by atoms with Crippen molar-refractivity contribution in [2.24, 2.45) is 5.92 Å². The Hall–Kier alpha value is -4.14. The number of methoxy groups -OCH3 is 1. The van der Waals surface area contributed by atoms with Crippen LogP contribution in [0.4, 0.5) is 19.3 Å². The molecule has 3 N–H and O–H groups in total. The molecule has 0 aliphatic carbocycles. The van der Waals surface area contributed by atoms with Gasteiger partial charge in [0, 0.05) is 42.4 Å². The minimum atomic E-state index is -0.829. The largest absolute Gasteiger partial charge is 0.497 e. The molecule has 176 valence electrons. The van der Waals surface area contributed by atoms with Gasteiger partial charge in [0.2, 0.25) is 5.91 Å². The number of benzene rings is 3. The molecule has 9 heteroatoms. The van der Waals surface area contributed by atoms with Gasteiger partial charge in [-0.15, -0.1) is 0 Å². The summed E-state index contributed by atoms with van der Waals surface area (Å²) in [5.74, 6) is -2.25. The van der Waals surface area contributed by atoms with Crippen LogP contribution in [0.1, 0.15) is 11.5 Å². The summed E-state index contributed by atoms with van der Waals surface area (Å²) in [6.45, 7) is -0.0295. The maximum Gasteiger partial charge on any atom is 0.319 e. The highest BCUT2D eigenvalue weighted by atomic mass is 19.1. The lowest BCUT2D eigenvalue weighted by atomic mass is 9.87. The Bertz CT molecular complexity index is 1150. The summed E-state index contributed by atoms with van der Waals surface area (Å²) in [5, 5.41) is 7.88. The third kappa shape index (κ3) is 5.25. The summed E-state index contributed by atoms with van der Waals surface area (Å²) < 4.78 is 39.7. The molecule has 1 heterocycles. The molecule has 3 aromatic rings. The van der Waals surface area contributed by atoms with Gasteiger partial charge in [-0.1, -0.05) is 18.2 Å². The van der Waals surface area contributed by atoms with E-state index in [0.29, 0.717) is 17.2 Å². The summed E-state index contributed by atoms with van der Waals surface area (Å²) in [5.41, 5.74) is 0.304. The van der Waals surface area contributed by atoms with Crippen molar-refractivity contribution >= 4 is 17.6 Å². The lowest BCUT2D eigenvalue weighted by Crippen LogP contribution is -2.37. The van der Waals surface area contributed by atoms with E-state index in [4.69, 9.17) is 9.47 Å². The Morgan fingerprint density at radius 1 is 1.00 bits per heavy atom. The minimum absolute atomic E-state index is 0.0465. The highest BCUT2D eigenvalue weighted by Crippen LogP contribution is 2.34. The first kappa shape index (κ1) is 23.0. The van der Waals surface area contributed by atoms with Gasteiger partial charge in [-0.25, -0.2) is 13.6 Å². The van der Waals surface area contributed by atoms with Crippen LogP contribution < -0.4 is 25.4 Å². The van der Waals surface area contributed by atoms with Crippen molar-refractivity contribution in [1.29, 1.82) is 0 Å². The molecule has 0 spiro atoms. The highest BCUT2D eigenvalue weighted by molar-refractivity contribution is 5.90. The van der Waals surface area contributed by atoms with Crippen LogP contribution in [0.25, 0.3) is 0 Å². The van der Waals surface area contributed by atoms with Gasteiger partial charge in [0.1, 0.15) is 28.9 Å². The first-order valence-electron chi connectivity index (χ1n) is 10.6. The van der Waals surface area contributed by atoms with Crippen LogP contribution in [0.15, 0.2) is 66.7 Å². The third-order valence-electron chi connectivity index (χ3n) is 5.55. The number of carbonyl (C=O) groups excluding carboxylic acids is 2. The fourth-order valence-corrected chi connectivity index (χ4v) is 3.85. The quantitative estimate of drug-likeness (QED) is 0.480. The molecule has 4 rings (SSSR count). The number of nitrogens with one attached hydrogen (secondary N) is 3. The molecule has 7 nitrogen and oxygen atoms in total. The number of carbonyl (C=O) groups is 2. The van der Waals surface area contributed by atoms with Gasteiger partial charge in [-0.3, -0.25) is 4.79 Å². The van der Waals surface area contributed by atoms with Gasteiger partial charge in [0.25, 0.3) is 0 Å². The molecule has 1 aliphatic rings. The van der Waals surface area contributed by atoms with Crippen LogP contribution in [0.3, 0.4) is 0 Å². The molecule has 0 saturated carbocycles. The Morgan fingerprint density at radius 3 is 2.29 bits per heavy atom. The van der Waals surface area contributed by atoms with Crippen molar-refractivity contribution < 1.29 is 27.8 Å². The van der Waals surface area contributed by atoms with Crippen molar-refractivity contribution in [1.82, 2.24) is 10.6 Å². The van der Waals surface area contributed by atoms with Crippen molar-refractivity contribution in [2.75, 3.05) is 25.5 Å². The molecular weight excluding hydrogens is 444 g/mol. The fourth-order valence-electron chi connectivity index (χ4n) is 3.85. The van der Waals surface area contributed by atoms with Crippen LogP contribution in [-0.2, 0) is 4.79 Å². The Kier molecular flexibility index (Phi) is 6.91. The lowest BCUT2D eigenvalue weighted by Gasteiger charge is -2.19. The van der Waals surface area contributed by atoms with Gasteiger partial charge in [-0.05, 0) is 36.4 Å². The Balaban J connectivity index is 1.36. The van der Waals surface area contributed by atoms with E-state index in [1.807, 2.05) is 30.3 Å². The summed E-state index contributed by atoms with van der Waals surface area (Å²) in [6.07, 6.45) is 0. The van der Waals surface area contributed by atoms with E-state index in [-0.39, 0.29) is 30.3 Å². The maximum absolute atomic E-state index is 14.5. The van der Waals surface area contributed by atoms with Crippen LogP contribution in [0, 0.1) is 17.6 Å². The van der Waals surface area contributed by atoms with Gasteiger partial charge in [0.05, 0.1) is 13.0 Å². The molecule has 3 aromatic carbocycles. The summed E-state index contributed by atoms with van der Waals surface area (Å²) >= 11 is 0. The molecule has 1 fully saturated rings. The van der Waals surface area contributed by atoms with Gasteiger partial charge in [0.15, 0.2) is 0 Å². The zero-order chi connectivity index (χ0) is 24.1. The number of para-hydroxylation sites is 1. The SMILES string of the molecule is COc1cc(F)c([C@@H]2CNC(=O)C2CNC(=O)Nc2ccc(Oc3ccccc3)cc2)c(F)c1. The average Bonchev–Trinajstić information content (AvgIpc) is 3.19. The second-order valence-corrected chi connectivity index (χ2v) is 7.74. The molecule has 2 atom stereocenters. The minimum Gasteiger partial charge on any atom is -0.497 e. The number of anilines is 1. The summed E-state index contributed by atoms with van der Waals surface area (Å²) in [6, 6.07) is 17.6. The first-order valence-corrected chi connectivity index (χ1v) is 10.6. The number of hydrogen-bond donors (Lipinski definition) is 3. The molecular formula is C25H23F2N3O4. The molecule has 0 aromatic heterocycles. The number of amides is 3. The maximum atomic E-state index is 14.5. The van der Waals surface area contributed by atoms with E-state index in [9.17, 15) is 18.4 Å². The number of halogens is 2. The van der Waals surface area contributed by atoms with Crippen molar-refractivity contribution in [3.63, 3.8) is 0 Å². The van der Waals surface area contributed by atoms with Crippen molar-refractivity contribution in [3.05, 3.63) is 83.9 Å². The lowest BCUT2D eigenvalue weighted by molar-refractivity contribution is -0.122. The summed E-state index contributed by atoms with van der Waals surface area (Å²) in [7, 11) is 1.31. The first-order chi connectivity index (χ1) is 16.4. The predicted octanol–water partition coefficient (Wildman–Crippen LogP) is 4.42. The van der Waals surface area contributed by atoms with E-state index in [2.05, 4.69) is 16.0 Å². The van der Waals surface area contributed by atoms with Gasteiger partial charge < -0.3 is 25.4 Å². The van der Waals surface area contributed by atoms with Gasteiger partial charge >= 0.3 is 6.03 Å². The molecule has 3 amide bonds. The number of ether oxygens (including phenoxy) is 2. The van der Waals surface area contributed by atoms with Crippen molar-refractivity contribution in [2.45, 2.75) is 5.92 Å². The zero-order valence-corrected chi connectivity index (χ0v) is 18.3. The molecule has 34 heavy (non-hydrogen) atoms. The van der Waals surface area contributed by atoms with E-state index < -0.39 is 29.5 Å². The number of rotatable bonds is 7. The number of urea groups is 1. The molecule has 1 saturated heterocycles. The topological polar surface area (TPSA) is 88.7 Å². The Morgan fingerprint density at radius 2 is 1.65 bits per heavy atom. The third-order valence-corrected chi connectivity index (χ3v) is 5.55. The molecule has 0 bridgehead atoms. The average molecular weight is 467 g/mol. The van der Waals surface area contributed by atoms with E-state index >= 15 is 0 Å². The Labute approximate surface area is 195 Å². The normalized spacial score (nSPS) is 17.1. The smallest absolute Gasteiger partial charge is 0.319 e. The van der Waals surface area contributed by atoms with E-state index in [0.717, 1.165) is 12.1 Å². The van der Waals surface area contributed by atoms with Crippen LogP contribution in [0.2, 0.25) is 0 Å². The highest BCUT2D eigenvalue weighted by Gasteiger charge is 2.39. The van der Waals surface area contributed by atoms with Crippen LogP contribution in [0.5, 0.6) is 17.2 Å². The fraction of sp³-hybridized carbons (Fsp3) is 0.200. The monoisotopic (exact) mass is 467 g/mol. The second kappa shape index (κ2) is 10.2. The van der Waals surface area contributed by atoms with E-state index in [1.54, 1.807) is 24.3 Å².